The lowest BCUT2D eigenvalue weighted by molar-refractivity contribution is 0.634. The van der Waals surface area contributed by atoms with Crippen LogP contribution in [-0.4, -0.2) is 49.9 Å². The molecule has 0 aromatic carbocycles. The maximum Gasteiger partial charge on any atom is 0.0986 e. The smallest absolute Gasteiger partial charge is 0.0986 e. The van der Waals surface area contributed by atoms with Gasteiger partial charge in [0.2, 0.25) is 0 Å². The van der Waals surface area contributed by atoms with Gasteiger partial charge < -0.3 is 10.6 Å². The van der Waals surface area contributed by atoms with Crippen molar-refractivity contribution >= 4 is 36.5 Å². The molecule has 2 aliphatic heterocycles. The summed E-state index contributed by atoms with van der Waals surface area (Å²) in [5, 5.41) is 15.2. The molecule has 0 amide bonds. The van der Waals surface area contributed by atoms with Crippen molar-refractivity contribution < 1.29 is 0 Å². The molecule has 0 radical (unpaired) electrons. The van der Waals surface area contributed by atoms with E-state index in [1.54, 1.807) is 0 Å². The standard InChI is InChI=1S/C12H22N6.2ClH/c1-9(7-11-13-3-4-14-11)17-18-10(2)8-12-15-5-6-16-12;;/h9-10H,3-8H2,1-2H3,(H,13,14)(H,15,16);2*1H. The van der Waals surface area contributed by atoms with Gasteiger partial charge in [-0.25, -0.2) is 0 Å². The molecule has 0 aliphatic carbocycles. The van der Waals surface area contributed by atoms with E-state index in [4.69, 9.17) is 0 Å². The van der Waals surface area contributed by atoms with Crippen LogP contribution in [0.25, 0.3) is 0 Å². The predicted molar refractivity (Wildman–Crippen MR) is 88.1 cm³/mol. The van der Waals surface area contributed by atoms with Gasteiger partial charge in [0.1, 0.15) is 0 Å². The minimum Gasteiger partial charge on any atom is -0.372 e. The number of hydrogen-bond donors (Lipinski definition) is 2. The first-order chi connectivity index (χ1) is 8.74. The number of nitrogens with zero attached hydrogens (tertiary/aromatic N) is 4. The zero-order valence-corrected chi connectivity index (χ0v) is 13.6. The van der Waals surface area contributed by atoms with Gasteiger partial charge in [-0.3, -0.25) is 9.98 Å². The molecule has 0 aromatic rings. The Morgan fingerprint density at radius 3 is 1.60 bits per heavy atom. The van der Waals surface area contributed by atoms with Crippen molar-refractivity contribution in [2.24, 2.45) is 20.2 Å². The summed E-state index contributed by atoms with van der Waals surface area (Å²) in [7, 11) is 0. The molecule has 2 rings (SSSR count). The Kier molecular flexibility index (Phi) is 9.50. The summed E-state index contributed by atoms with van der Waals surface area (Å²) >= 11 is 0. The second kappa shape index (κ2) is 9.94. The molecule has 0 saturated heterocycles. The van der Waals surface area contributed by atoms with E-state index < -0.39 is 0 Å². The van der Waals surface area contributed by atoms with Crippen LogP contribution in [0.2, 0.25) is 0 Å². The van der Waals surface area contributed by atoms with Crippen LogP contribution in [0, 0.1) is 0 Å². The third kappa shape index (κ3) is 6.52. The number of halogens is 2. The number of azo groups is 1. The first kappa shape index (κ1) is 19.1. The van der Waals surface area contributed by atoms with Crippen molar-refractivity contribution in [1.82, 2.24) is 10.6 Å². The quantitative estimate of drug-likeness (QED) is 0.732. The number of aliphatic imine (C=N–C) groups is 2. The van der Waals surface area contributed by atoms with Gasteiger partial charge in [-0.15, -0.1) is 24.8 Å². The second-order valence-electron chi connectivity index (χ2n) is 4.85. The van der Waals surface area contributed by atoms with Gasteiger partial charge in [0.25, 0.3) is 0 Å². The number of rotatable bonds is 6. The van der Waals surface area contributed by atoms with E-state index in [0.29, 0.717) is 0 Å². The zero-order chi connectivity index (χ0) is 12.8. The Bertz CT molecular complexity index is 335. The van der Waals surface area contributed by atoms with Gasteiger partial charge in [-0.1, -0.05) is 0 Å². The van der Waals surface area contributed by atoms with Gasteiger partial charge >= 0.3 is 0 Å². The molecule has 2 N–H and O–H groups in total. The monoisotopic (exact) mass is 322 g/mol. The molecule has 2 unspecified atom stereocenters. The summed E-state index contributed by atoms with van der Waals surface area (Å²) in [6.45, 7) is 7.85. The van der Waals surface area contributed by atoms with Crippen LogP contribution < -0.4 is 10.6 Å². The fourth-order valence-corrected chi connectivity index (χ4v) is 2.04. The van der Waals surface area contributed by atoms with Crippen molar-refractivity contribution in [1.29, 1.82) is 0 Å². The average molecular weight is 323 g/mol. The van der Waals surface area contributed by atoms with Crippen LogP contribution in [0.3, 0.4) is 0 Å². The Labute approximate surface area is 132 Å². The first-order valence-electron chi connectivity index (χ1n) is 6.68. The highest BCUT2D eigenvalue weighted by atomic mass is 35.5. The minimum atomic E-state index is 0. The Balaban J connectivity index is 0.00000180. The number of nitrogens with one attached hydrogen (secondary N) is 2. The molecule has 0 spiro atoms. The topological polar surface area (TPSA) is 73.5 Å². The third-order valence-electron chi connectivity index (χ3n) is 2.93. The molecule has 8 heteroatoms. The van der Waals surface area contributed by atoms with Crippen LogP contribution in [0.5, 0.6) is 0 Å². The minimum absolute atomic E-state index is 0. The van der Waals surface area contributed by atoms with E-state index in [-0.39, 0.29) is 36.9 Å². The summed E-state index contributed by atoms with van der Waals surface area (Å²) < 4.78 is 0. The van der Waals surface area contributed by atoms with Crippen molar-refractivity contribution in [3.63, 3.8) is 0 Å². The molecule has 0 fully saturated rings. The van der Waals surface area contributed by atoms with E-state index in [9.17, 15) is 0 Å². The lowest BCUT2D eigenvalue weighted by atomic mass is 10.2. The van der Waals surface area contributed by atoms with Crippen molar-refractivity contribution in [3.8, 4) is 0 Å². The highest BCUT2D eigenvalue weighted by molar-refractivity contribution is 5.86. The van der Waals surface area contributed by atoms with Crippen LogP contribution in [0.1, 0.15) is 26.7 Å². The zero-order valence-electron chi connectivity index (χ0n) is 12.0. The maximum atomic E-state index is 4.36. The van der Waals surface area contributed by atoms with E-state index >= 15 is 0 Å². The van der Waals surface area contributed by atoms with E-state index in [1.807, 2.05) is 0 Å². The first-order valence-corrected chi connectivity index (χ1v) is 6.68. The average Bonchev–Trinajstić information content (AvgIpc) is 2.99. The van der Waals surface area contributed by atoms with Gasteiger partial charge in [0.15, 0.2) is 0 Å². The third-order valence-corrected chi connectivity index (χ3v) is 2.93. The van der Waals surface area contributed by atoms with Crippen LogP contribution in [0.4, 0.5) is 0 Å². The van der Waals surface area contributed by atoms with Gasteiger partial charge in [0.05, 0.1) is 36.8 Å². The van der Waals surface area contributed by atoms with Crippen molar-refractivity contribution in [2.45, 2.75) is 38.8 Å². The molecule has 116 valence electrons. The summed E-state index contributed by atoms with van der Waals surface area (Å²) in [4.78, 5) is 8.72. The number of hydrogen-bond acceptors (Lipinski definition) is 6. The second-order valence-corrected chi connectivity index (χ2v) is 4.85. The lowest BCUT2D eigenvalue weighted by Crippen LogP contribution is -2.23. The van der Waals surface area contributed by atoms with Crippen molar-refractivity contribution in [2.75, 3.05) is 26.2 Å². The molecule has 0 aromatic heterocycles. The Morgan fingerprint density at radius 2 is 1.30 bits per heavy atom. The number of amidine groups is 2. The van der Waals surface area contributed by atoms with Gasteiger partial charge in [-0.05, 0) is 13.8 Å². The van der Waals surface area contributed by atoms with Gasteiger partial charge in [-0.2, -0.15) is 10.2 Å². The molecule has 6 nitrogen and oxygen atoms in total. The molecule has 2 aliphatic rings. The molecule has 0 saturated carbocycles. The maximum absolute atomic E-state index is 4.36. The summed E-state index contributed by atoms with van der Waals surface area (Å²) in [6, 6.07) is 0.380. The van der Waals surface area contributed by atoms with Crippen molar-refractivity contribution in [3.05, 3.63) is 0 Å². The van der Waals surface area contributed by atoms with E-state index in [0.717, 1.165) is 50.7 Å². The van der Waals surface area contributed by atoms with Crippen LogP contribution in [0.15, 0.2) is 20.2 Å². The van der Waals surface area contributed by atoms with Gasteiger partial charge in [0, 0.05) is 25.9 Å². The Hall–Kier alpha value is -0.880. The highest BCUT2D eigenvalue weighted by Gasteiger charge is 2.12. The fraction of sp³-hybridized carbons (Fsp3) is 0.833. The normalized spacial score (nSPS) is 20.1. The van der Waals surface area contributed by atoms with E-state index in [1.165, 1.54) is 0 Å². The fourth-order valence-electron chi connectivity index (χ4n) is 2.04. The molecular weight excluding hydrogens is 299 g/mol. The molecule has 0 bridgehead atoms. The molecule has 2 atom stereocenters. The molecular formula is C12H24Cl2N6. The summed E-state index contributed by atoms with van der Waals surface area (Å²) in [5.74, 6) is 2.13. The Morgan fingerprint density at radius 1 is 0.900 bits per heavy atom. The van der Waals surface area contributed by atoms with E-state index in [2.05, 4.69) is 44.7 Å². The summed E-state index contributed by atoms with van der Waals surface area (Å²) in [6.07, 6.45) is 1.71. The summed E-state index contributed by atoms with van der Waals surface area (Å²) in [5.41, 5.74) is 0. The predicted octanol–water partition coefficient (Wildman–Crippen LogP) is 1.84. The molecule has 20 heavy (non-hydrogen) atoms. The van der Waals surface area contributed by atoms with Crippen LogP contribution in [-0.2, 0) is 0 Å². The highest BCUT2D eigenvalue weighted by Crippen LogP contribution is 2.06. The lowest BCUT2D eigenvalue weighted by Gasteiger charge is -2.08. The van der Waals surface area contributed by atoms with Crippen LogP contribution >= 0.6 is 24.8 Å². The largest absolute Gasteiger partial charge is 0.372 e. The molecule has 2 heterocycles. The SMILES string of the molecule is CC(CC1=NCCN1)N=NC(C)CC1=NCCN1.Cl.Cl.